The van der Waals surface area contributed by atoms with Gasteiger partial charge in [-0.2, -0.15) is 0 Å². The van der Waals surface area contributed by atoms with Crippen molar-refractivity contribution in [3.8, 4) is 0 Å². The van der Waals surface area contributed by atoms with E-state index in [1.807, 2.05) is 37.4 Å². The van der Waals surface area contributed by atoms with Gasteiger partial charge in [0.1, 0.15) is 11.3 Å². The van der Waals surface area contributed by atoms with E-state index < -0.39 is 0 Å². The summed E-state index contributed by atoms with van der Waals surface area (Å²) in [6, 6.07) is 10.00. The van der Waals surface area contributed by atoms with Crippen molar-refractivity contribution in [2.75, 3.05) is 5.32 Å². The van der Waals surface area contributed by atoms with Crippen LogP contribution in [0.25, 0.3) is 11.2 Å². The normalized spacial score (nSPS) is 11.3. The number of aryl methyl sites for hydroxylation is 4. The number of anilines is 1. The molecule has 0 aliphatic rings. The van der Waals surface area contributed by atoms with Gasteiger partial charge in [0.05, 0.1) is 0 Å². The maximum atomic E-state index is 12.4. The second-order valence-corrected chi connectivity index (χ2v) is 7.93. The highest BCUT2D eigenvalue weighted by molar-refractivity contribution is 5.91. The average molecular weight is 379 g/mol. The molecule has 0 bridgehead atoms. The number of benzene rings is 1. The number of carbonyl (C=O) groups is 1. The lowest BCUT2D eigenvalue weighted by atomic mass is 10.1. The Morgan fingerprint density at radius 2 is 2.04 bits per heavy atom. The van der Waals surface area contributed by atoms with Crippen molar-refractivity contribution in [1.82, 2.24) is 14.5 Å². The molecule has 0 unspecified atom stereocenters. The fraction of sp³-hybridized carbons (Fsp3) is 0.435. The lowest BCUT2D eigenvalue weighted by Gasteiger charge is -2.11. The van der Waals surface area contributed by atoms with Gasteiger partial charge in [-0.1, -0.05) is 31.5 Å². The number of nitrogens with zero attached hydrogens (tertiary/aromatic N) is 3. The van der Waals surface area contributed by atoms with Gasteiger partial charge in [0, 0.05) is 31.3 Å². The molecule has 0 aliphatic carbocycles. The number of imidazole rings is 1. The second-order valence-electron chi connectivity index (χ2n) is 7.93. The molecule has 1 N–H and O–H groups in total. The van der Waals surface area contributed by atoms with Crippen LogP contribution in [0.5, 0.6) is 0 Å². The second kappa shape index (κ2) is 9.00. The first-order chi connectivity index (χ1) is 13.4. The number of hydrogen-bond acceptors (Lipinski definition) is 3. The Balaban J connectivity index is 1.63. The minimum Gasteiger partial charge on any atom is -0.326 e. The van der Waals surface area contributed by atoms with Gasteiger partial charge in [0.25, 0.3) is 0 Å². The molecule has 3 aromatic rings. The minimum absolute atomic E-state index is 0.0509. The zero-order valence-corrected chi connectivity index (χ0v) is 17.3. The van der Waals surface area contributed by atoms with Crippen LogP contribution in [-0.2, 0) is 17.8 Å². The lowest BCUT2D eigenvalue weighted by molar-refractivity contribution is -0.116. The minimum atomic E-state index is 0.0509. The largest absolute Gasteiger partial charge is 0.326 e. The van der Waals surface area contributed by atoms with E-state index in [0.717, 1.165) is 54.0 Å². The van der Waals surface area contributed by atoms with E-state index in [9.17, 15) is 4.79 Å². The van der Waals surface area contributed by atoms with E-state index in [0.29, 0.717) is 12.3 Å². The molecule has 2 aromatic heterocycles. The third-order valence-electron chi connectivity index (χ3n) is 4.97. The fourth-order valence-electron chi connectivity index (χ4n) is 3.39. The van der Waals surface area contributed by atoms with Gasteiger partial charge in [-0.3, -0.25) is 4.79 Å². The summed E-state index contributed by atoms with van der Waals surface area (Å²) in [6.45, 7) is 9.44. The van der Waals surface area contributed by atoms with Crippen molar-refractivity contribution in [3.63, 3.8) is 0 Å². The summed E-state index contributed by atoms with van der Waals surface area (Å²) in [6.07, 6.45) is 4.92. The first kappa shape index (κ1) is 20.1. The van der Waals surface area contributed by atoms with Gasteiger partial charge in [0.15, 0.2) is 5.65 Å². The molecule has 0 atom stereocenters. The predicted molar refractivity (Wildman–Crippen MR) is 114 cm³/mol. The van der Waals surface area contributed by atoms with Gasteiger partial charge in [-0.15, -0.1) is 0 Å². The molecule has 28 heavy (non-hydrogen) atoms. The average Bonchev–Trinajstić information content (AvgIpc) is 3.00. The molecule has 1 aromatic carbocycles. The van der Waals surface area contributed by atoms with E-state index in [1.54, 1.807) is 0 Å². The van der Waals surface area contributed by atoms with Crippen molar-refractivity contribution >= 4 is 22.8 Å². The van der Waals surface area contributed by atoms with Gasteiger partial charge >= 0.3 is 0 Å². The van der Waals surface area contributed by atoms with Gasteiger partial charge < -0.3 is 9.88 Å². The van der Waals surface area contributed by atoms with Crippen LogP contribution < -0.4 is 5.32 Å². The molecule has 1 amide bonds. The van der Waals surface area contributed by atoms with Crippen LogP contribution in [0.1, 0.15) is 50.1 Å². The van der Waals surface area contributed by atoms with Crippen molar-refractivity contribution in [1.29, 1.82) is 0 Å². The molecule has 0 spiro atoms. The summed E-state index contributed by atoms with van der Waals surface area (Å²) in [5, 5.41) is 3.03. The van der Waals surface area contributed by atoms with Gasteiger partial charge in [0.2, 0.25) is 5.91 Å². The number of pyridine rings is 1. The van der Waals surface area contributed by atoms with Crippen molar-refractivity contribution in [2.45, 2.75) is 59.9 Å². The summed E-state index contributed by atoms with van der Waals surface area (Å²) in [5.74, 6) is 1.70. The first-order valence-electron chi connectivity index (χ1n) is 10.1. The Hall–Kier alpha value is -2.69. The number of carbonyl (C=O) groups excluding carboxylic acids is 1. The van der Waals surface area contributed by atoms with Crippen LogP contribution in [-0.4, -0.2) is 20.4 Å². The summed E-state index contributed by atoms with van der Waals surface area (Å²) < 4.78 is 2.22. The maximum Gasteiger partial charge on any atom is 0.224 e. The third kappa shape index (κ3) is 4.97. The van der Waals surface area contributed by atoms with E-state index >= 15 is 0 Å². The number of rotatable bonds is 8. The summed E-state index contributed by atoms with van der Waals surface area (Å²) in [7, 11) is 0. The summed E-state index contributed by atoms with van der Waals surface area (Å²) in [4.78, 5) is 21.6. The smallest absolute Gasteiger partial charge is 0.224 e. The van der Waals surface area contributed by atoms with E-state index in [2.05, 4.69) is 41.7 Å². The standard InChI is InChI=1S/C23H30N4O/c1-16(2)12-14-27-21(25-20-7-6-13-24-23(20)27)8-5-9-22(28)26-19-11-10-17(3)15-18(19)4/h6-7,10-11,13,15-16H,5,8-9,12,14H2,1-4H3,(H,26,28). The zero-order chi connectivity index (χ0) is 20.1. The van der Waals surface area contributed by atoms with Crippen LogP contribution in [0, 0.1) is 19.8 Å². The number of fused-ring (bicyclic) bond motifs is 1. The maximum absolute atomic E-state index is 12.4. The lowest BCUT2D eigenvalue weighted by Crippen LogP contribution is -2.13. The Labute approximate surface area is 167 Å². The quantitative estimate of drug-likeness (QED) is 0.596. The summed E-state index contributed by atoms with van der Waals surface area (Å²) >= 11 is 0. The Morgan fingerprint density at radius 3 is 2.79 bits per heavy atom. The van der Waals surface area contributed by atoms with Crippen molar-refractivity contribution in [3.05, 3.63) is 53.5 Å². The Bertz CT molecular complexity index is 958. The Kier molecular flexibility index (Phi) is 6.45. The van der Waals surface area contributed by atoms with Crippen molar-refractivity contribution in [2.24, 2.45) is 5.92 Å². The topological polar surface area (TPSA) is 59.8 Å². The Morgan fingerprint density at radius 1 is 1.21 bits per heavy atom. The molecule has 3 rings (SSSR count). The number of amides is 1. The van der Waals surface area contributed by atoms with Crippen molar-refractivity contribution < 1.29 is 4.79 Å². The van der Waals surface area contributed by atoms with Crippen LogP contribution >= 0.6 is 0 Å². The SMILES string of the molecule is Cc1ccc(NC(=O)CCCc2nc3cccnc3n2CCC(C)C)c(C)c1. The molecule has 0 aliphatic heterocycles. The van der Waals surface area contributed by atoms with E-state index in [4.69, 9.17) is 4.98 Å². The fourth-order valence-corrected chi connectivity index (χ4v) is 3.39. The number of aromatic nitrogens is 3. The molecule has 0 saturated carbocycles. The van der Waals surface area contributed by atoms with E-state index in [1.165, 1.54) is 5.56 Å². The molecule has 5 nitrogen and oxygen atoms in total. The molecule has 0 saturated heterocycles. The highest BCUT2D eigenvalue weighted by atomic mass is 16.1. The van der Waals surface area contributed by atoms with Crippen LogP contribution in [0.4, 0.5) is 5.69 Å². The molecular formula is C23H30N4O. The zero-order valence-electron chi connectivity index (χ0n) is 17.3. The van der Waals surface area contributed by atoms with Crippen LogP contribution in [0.15, 0.2) is 36.5 Å². The van der Waals surface area contributed by atoms with E-state index in [-0.39, 0.29) is 5.91 Å². The number of nitrogens with one attached hydrogen (secondary N) is 1. The number of hydrogen-bond donors (Lipinski definition) is 1. The monoisotopic (exact) mass is 378 g/mol. The molecular weight excluding hydrogens is 348 g/mol. The molecule has 148 valence electrons. The van der Waals surface area contributed by atoms with Gasteiger partial charge in [-0.25, -0.2) is 9.97 Å². The molecule has 5 heteroatoms. The molecule has 2 heterocycles. The first-order valence-corrected chi connectivity index (χ1v) is 10.1. The highest BCUT2D eigenvalue weighted by Gasteiger charge is 2.13. The molecule has 0 fully saturated rings. The predicted octanol–water partition coefficient (Wildman–Crippen LogP) is 5.06. The summed E-state index contributed by atoms with van der Waals surface area (Å²) in [5.41, 5.74) is 5.06. The third-order valence-corrected chi connectivity index (χ3v) is 4.97. The highest BCUT2D eigenvalue weighted by Crippen LogP contribution is 2.19. The van der Waals surface area contributed by atoms with Crippen LogP contribution in [0.2, 0.25) is 0 Å². The van der Waals surface area contributed by atoms with Gasteiger partial charge in [-0.05, 0) is 56.4 Å². The van der Waals surface area contributed by atoms with Crippen LogP contribution in [0.3, 0.4) is 0 Å². The molecule has 0 radical (unpaired) electrons.